The number of hydrogen-bond donors (Lipinski definition) is 2. The molecule has 1 aromatic carbocycles. The zero-order valence-electron chi connectivity index (χ0n) is 10.1. The van der Waals surface area contributed by atoms with E-state index in [9.17, 15) is 5.11 Å². The van der Waals surface area contributed by atoms with Gasteiger partial charge in [-0.3, -0.25) is 0 Å². The van der Waals surface area contributed by atoms with Crippen molar-refractivity contribution in [1.82, 2.24) is 5.32 Å². The average Bonchev–Trinajstić information content (AvgIpc) is 2.12. The SMILES string of the molecule is CNCCC(O)c1c(C)cc(C)cc1C. The minimum Gasteiger partial charge on any atom is -0.388 e. The van der Waals surface area contributed by atoms with Gasteiger partial charge in [-0.2, -0.15) is 0 Å². The number of nitrogens with one attached hydrogen (secondary N) is 1. The van der Waals surface area contributed by atoms with Crippen LogP contribution in [0.15, 0.2) is 12.1 Å². The first-order valence-corrected chi connectivity index (χ1v) is 5.46. The lowest BCUT2D eigenvalue weighted by Crippen LogP contribution is -2.13. The van der Waals surface area contributed by atoms with Gasteiger partial charge in [0.1, 0.15) is 0 Å². The van der Waals surface area contributed by atoms with Crippen LogP contribution >= 0.6 is 0 Å². The fourth-order valence-electron chi connectivity index (χ4n) is 2.14. The van der Waals surface area contributed by atoms with Crippen molar-refractivity contribution in [2.75, 3.05) is 13.6 Å². The number of aryl methyl sites for hydroxylation is 3. The Labute approximate surface area is 92.3 Å². The summed E-state index contributed by atoms with van der Waals surface area (Å²) in [6.07, 6.45) is 0.416. The largest absolute Gasteiger partial charge is 0.388 e. The first kappa shape index (κ1) is 12.2. The van der Waals surface area contributed by atoms with Gasteiger partial charge in [0.15, 0.2) is 0 Å². The van der Waals surface area contributed by atoms with Gasteiger partial charge in [-0.15, -0.1) is 0 Å². The van der Waals surface area contributed by atoms with Crippen molar-refractivity contribution >= 4 is 0 Å². The third-order valence-electron chi connectivity index (χ3n) is 2.74. The highest BCUT2D eigenvalue weighted by Crippen LogP contribution is 2.25. The maximum Gasteiger partial charge on any atom is 0.0807 e. The molecule has 0 aromatic heterocycles. The van der Waals surface area contributed by atoms with Gasteiger partial charge in [-0.25, -0.2) is 0 Å². The molecule has 15 heavy (non-hydrogen) atoms. The van der Waals surface area contributed by atoms with Crippen LogP contribution in [0.1, 0.15) is 34.8 Å². The van der Waals surface area contributed by atoms with Crippen LogP contribution in [0.4, 0.5) is 0 Å². The molecule has 1 unspecified atom stereocenters. The molecule has 0 aliphatic carbocycles. The topological polar surface area (TPSA) is 32.3 Å². The van der Waals surface area contributed by atoms with Crippen LogP contribution in [0.2, 0.25) is 0 Å². The smallest absolute Gasteiger partial charge is 0.0807 e. The van der Waals surface area contributed by atoms with Gasteiger partial charge < -0.3 is 10.4 Å². The van der Waals surface area contributed by atoms with Crippen LogP contribution in [0.25, 0.3) is 0 Å². The molecule has 0 aliphatic heterocycles. The van der Waals surface area contributed by atoms with Crippen LogP contribution in [-0.4, -0.2) is 18.7 Å². The molecule has 1 rings (SSSR count). The Kier molecular flexibility index (Phi) is 4.30. The fourth-order valence-corrected chi connectivity index (χ4v) is 2.14. The van der Waals surface area contributed by atoms with Gasteiger partial charge in [0.05, 0.1) is 6.10 Å². The van der Waals surface area contributed by atoms with Crippen LogP contribution in [0, 0.1) is 20.8 Å². The highest BCUT2D eigenvalue weighted by Gasteiger charge is 2.12. The second-order valence-electron chi connectivity index (χ2n) is 4.22. The maximum absolute atomic E-state index is 10.1. The summed E-state index contributed by atoms with van der Waals surface area (Å²) in [5, 5.41) is 13.1. The number of rotatable bonds is 4. The lowest BCUT2D eigenvalue weighted by molar-refractivity contribution is 0.166. The Morgan fingerprint density at radius 2 is 1.73 bits per heavy atom. The summed E-state index contributed by atoms with van der Waals surface area (Å²) in [5.41, 5.74) is 4.73. The molecule has 0 saturated heterocycles. The van der Waals surface area contributed by atoms with Gasteiger partial charge in [0.2, 0.25) is 0 Å². The number of aliphatic hydroxyl groups is 1. The number of benzene rings is 1. The summed E-state index contributed by atoms with van der Waals surface area (Å²) in [5.74, 6) is 0. The molecule has 0 saturated carbocycles. The van der Waals surface area contributed by atoms with E-state index in [4.69, 9.17) is 0 Å². The molecule has 0 fully saturated rings. The molecule has 2 nitrogen and oxygen atoms in total. The minimum atomic E-state index is -0.349. The Morgan fingerprint density at radius 1 is 1.20 bits per heavy atom. The van der Waals surface area contributed by atoms with E-state index in [-0.39, 0.29) is 6.10 Å². The third kappa shape index (κ3) is 3.05. The van der Waals surface area contributed by atoms with E-state index in [1.54, 1.807) is 0 Å². The van der Waals surface area contributed by atoms with Crippen molar-refractivity contribution in [2.45, 2.75) is 33.3 Å². The van der Waals surface area contributed by atoms with E-state index in [1.165, 1.54) is 16.7 Å². The summed E-state index contributed by atoms with van der Waals surface area (Å²) in [4.78, 5) is 0. The lowest BCUT2D eigenvalue weighted by Gasteiger charge is -2.17. The normalized spacial score (nSPS) is 12.9. The van der Waals surface area contributed by atoms with E-state index >= 15 is 0 Å². The Hall–Kier alpha value is -0.860. The summed E-state index contributed by atoms with van der Waals surface area (Å²) in [7, 11) is 1.90. The summed E-state index contributed by atoms with van der Waals surface area (Å²) in [6, 6.07) is 4.26. The van der Waals surface area contributed by atoms with Crippen molar-refractivity contribution in [2.24, 2.45) is 0 Å². The monoisotopic (exact) mass is 207 g/mol. The van der Waals surface area contributed by atoms with Crippen LogP contribution < -0.4 is 5.32 Å². The highest BCUT2D eigenvalue weighted by molar-refractivity contribution is 5.38. The maximum atomic E-state index is 10.1. The minimum absolute atomic E-state index is 0.349. The van der Waals surface area contributed by atoms with E-state index in [0.717, 1.165) is 18.5 Å². The van der Waals surface area contributed by atoms with Crippen molar-refractivity contribution in [1.29, 1.82) is 0 Å². The second-order valence-corrected chi connectivity index (χ2v) is 4.22. The first-order chi connectivity index (χ1) is 7.06. The van der Waals surface area contributed by atoms with Crippen LogP contribution in [-0.2, 0) is 0 Å². The standard InChI is InChI=1S/C13H21NO/c1-9-7-10(2)13(11(3)8-9)12(15)5-6-14-4/h7-8,12,14-15H,5-6H2,1-4H3. The molecule has 2 N–H and O–H groups in total. The molecular formula is C13H21NO. The van der Waals surface area contributed by atoms with E-state index in [0.29, 0.717) is 0 Å². The van der Waals surface area contributed by atoms with Crippen LogP contribution in [0.5, 0.6) is 0 Å². The van der Waals surface area contributed by atoms with Crippen molar-refractivity contribution < 1.29 is 5.11 Å². The Bertz CT molecular complexity index is 310. The van der Waals surface area contributed by atoms with Crippen molar-refractivity contribution in [3.63, 3.8) is 0 Å². The quantitative estimate of drug-likeness (QED) is 0.793. The van der Waals surface area contributed by atoms with Crippen LogP contribution in [0.3, 0.4) is 0 Å². The number of hydrogen-bond acceptors (Lipinski definition) is 2. The first-order valence-electron chi connectivity index (χ1n) is 5.46. The zero-order chi connectivity index (χ0) is 11.4. The molecule has 1 aromatic rings. The molecule has 0 amide bonds. The van der Waals surface area contributed by atoms with Gasteiger partial charge in [0, 0.05) is 0 Å². The Morgan fingerprint density at radius 3 is 2.20 bits per heavy atom. The fraction of sp³-hybridized carbons (Fsp3) is 0.538. The molecule has 84 valence electrons. The van der Waals surface area contributed by atoms with Crippen molar-refractivity contribution in [3.05, 3.63) is 34.4 Å². The molecule has 0 spiro atoms. The van der Waals surface area contributed by atoms with Gasteiger partial charge in [0.25, 0.3) is 0 Å². The van der Waals surface area contributed by atoms with E-state index in [2.05, 4.69) is 38.2 Å². The molecule has 0 aliphatic rings. The summed E-state index contributed by atoms with van der Waals surface area (Å²) in [6.45, 7) is 7.06. The summed E-state index contributed by atoms with van der Waals surface area (Å²) < 4.78 is 0. The molecule has 0 heterocycles. The number of aliphatic hydroxyl groups excluding tert-OH is 1. The van der Waals surface area contributed by atoms with E-state index < -0.39 is 0 Å². The molecular weight excluding hydrogens is 186 g/mol. The molecule has 0 radical (unpaired) electrons. The van der Waals surface area contributed by atoms with Gasteiger partial charge >= 0.3 is 0 Å². The lowest BCUT2D eigenvalue weighted by atomic mass is 9.94. The molecule has 0 bridgehead atoms. The van der Waals surface area contributed by atoms with E-state index in [1.807, 2.05) is 7.05 Å². The zero-order valence-corrected chi connectivity index (χ0v) is 10.1. The van der Waals surface area contributed by atoms with Gasteiger partial charge in [-0.1, -0.05) is 17.7 Å². The van der Waals surface area contributed by atoms with Gasteiger partial charge in [-0.05, 0) is 57.5 Å². The average molecular weight is 207 g/mol. The highest BCUT2D eigenvalue weighted by atomic mass is 16.3. The predicted molar refractivity (Wildman–Crippen MR) is 64.2 cm³/mol. The second kappa shape index (κ2) is 5.29. The summed E-state index contributed by atoms with van der Waals surface area (Å²) >= 11 is 0. The molecule has 1 atom stereocenters. The van der Waals surface area contributed by atoms with Crippen molar-refractivity contribution in [3.8, 4) is 0 Å². The third-order valence-corrected chi connectivity index (χ3v) is 2.74. The predicted octanol–water partition coefficient (Wildman–Crippen LogP) is 2.25. The molecule has 2 heteroatoms. The Balaban J connectivity index is 2.92.